The van der Waals surface area contributed by atoms with E-state index in [1.165, 1.54) is 16.4 Å². The molecular formula is C21H29FN2O3S. The number of carbonyl (C=O) groups excluding carboxylic acids is 1. The fraction of sp³-hybridized carbons (Fsp3) is 0.571. The lowest BCUT2D eigenvalue weighted by molar-refractivity contribution is 0.0480. The van der Waals surface area contributed by atoms with Gasteiger partial charge >= 0.3 is 0 Å². The van der Waals surface area contributed by atoms with Gasteiger partial charge in [-0.1, -0.05) is 26.0 Å². The Balaban J connectivity index is 1.88. The predicted octanol–water partition coefficient (Wildman–Crippen LogP) is 3.82. The minimum atomic E-state index is -3.74. The largest absolute Gasteiger partial charge is 0.338 e. The third-order valence-corrected chi connectivity index (χ3v) is 8.06. The number of benzene rings is 1. The lowest BCUT2D eigenvalue weighted by Crippen LogP contribution is -2.46. The van der Waals surface area contributed by atoms with E-state index in [-0.39, 0.29) is 15.9 Å². The van der Waals surface area contributed by atoms with Crippen LogP contribution in [-0.2, 0) is 10.0 Å². The number of hydrogen-bond donors (Lipinski definition) is 0. The van der Waals surface area contributed by atoms with Crippen LogP contribution in [0.15, 0.2) is 35.2 Å². The van der Waals surface area contributed by atoms with Gasteiger partial charge in [-0.25, -0.2) is 12.8 Å². The van der Waals surface area contributed by atoms with Crippen molar-refractivity contribution in [2.45, 2.75) is 50.8 Å². The van der Waals surface area contributed by atoms with E-state index in [1.807, 2.05) is 0 Å². The summed E-state index contributed by atoms with van der Waals surface area (Å²) in [4.78, 5) is 14.8. The summed E-state index contributed by atoms with van der Waals surface area (Å²) in [7, 11) is -3.74. The summed E-state index contributed by atoms with van der Waals surface area (Å²) in [6, 6.07) is 3.53. The summed E-state index contributed by atoms with van der Waals surface area (Å²) < 4.78 is 41.3. The zero-order valence-electron chi connectivity index (χ0n) is 16.7. The highest BCUT2D eigenvalue weighted by molar-refractivity contribution is 7.89. The number of likely N-dealkylation sites (tertiary alicyclic amines) is 1. The quantitative estimate of drug-likeness (QED) is 0.696. The predicted molar refractivity (Wildman–Crippen MR) is 107 cm³/mol. The molecule has 0 saturated carbocycles. The van der Waals surface area contributed by atoms with Gasteiger partial charge in [0, 0.05) is 26.2 Å². The van der Waals surface area contributed by atoms with E-state index in [0.717, 1.165) is 38.2 Å². The summed E-state index contributed by atoms with van der Waals surface area (Å²) in [5, 5.41) is 0. The number of rotatable bonds is 5. The Morgan fingerprint density at radius 3 is 2.61 bits per heavy atom. The van der Waals surface area contributed by atoms with Crippen LogP contribution in [0.5, 0.6) is 0 Å². The molecule has 0 radical (unpaired) electrons. The van der Waals surface area contributed by atoms with Gasteiger partial charge in [0.1, 0.15) is 5.82 Å². The first-order chi connectivity index (χ1) is 13.3. The molecule has 1 spiro atoms. The van der Waals surface area contributed by atoms with E-state index in [0.29, 0.717) is 26.2 Å². The number of hydrogen-bond acceptors (Lipinski definition) is 3. The first-order valence-electron chi connectivity index (χ1n) is 10.1. The van der Waals surface area contributed by atoms with E-state index in [9.17, 15) is 17.6 Å². The highest BCUT2D eigenvalue weighted by Gasteiger charge is 2.37. The Morgan fingerprint density at radius 2 is 1.96 bits per heavy atom. The van der Waals surface area contributed by atoms with E-state index < -0.39 is 21.7 Å². The second-order valence-electron chi connectivity index (χ2n) is 7.78. The normalized spacial score (nSPS) is 22.8. The van der Waals surface area contributed by atoms with Crippen LogP contribution >= 0.6 is 0 Å². The van der Waals surface area contributed by atoms with E-state index in [4.69, 9.17) is 0 Å². The Hall–Kier alpha value is -1.73. The molecule has 1 aromatic carbocycles. The molecule has 0 N–H and O–H groups in total. The molecular weight excluding hydrogens is 379 g/mol. The Bertz CT molecular complexity index is 864. The standard InChI is InChI=1S/C21H29FN2O3S/c1-3-24(4-2)28(26,27)17-9-10-19(22)18(15-17)20(25)23-14-8-13-21(16-23)11-6-5-7-12-21/h5-6,9-10,15H,3-4,7-8,11-14,16H2,1-2H3. The molecule has 2 aliphatic rings. The number of sulfonamides is 1. The molecule has 1 atom stereocenters. The molecule has 1 amide bonds. The van der Waals surface area contributed by atoms with Crippen molar-refractivity contribution in [1.82, 2.24) is 9.21 Å². The van der Waals surface area contributed by atoms with Crippen molar-refractivity contribution in [3.63, 3.8) is 0 Å². The number of allylic oxidation sites excluding steroid dienone is 2. The zero-order valence-corrected chi connectivity index (χ0v) is 17.5. The summed E-state index contributed by atoms with van der Waals surface area (Å²) >= 11 is 0. The van der Waals surface area contributed by atoms with Crippen LogP contribution < -0.4 is 0 Å². The van der Waals surface area contributed by atoms with Gasteiger partial charge in [-0.3, -0.25) is 4.79 Å². The highest BCUT2D eigenvalue weighted by Crippen LogP contribution is 2.41. The van der Waals surface area contributed by atoms with Crippen LogP contribution in [0.4, 0.5) is 4.39 Å². The molecule has 28 heavy (non-hydrogen) atoms. The Labute approximate surface area is 167 Å². The summed E-state index contributed by atoms with van der Waals surface area (Å²) in [5.74, 6) is -1.09. The fourth-order valence-corrected chi connectivity index (χ4v) is 5.89. The molecule has 1 heterocycles. The molecule has 0 bridgehead atoms. The van der Waals surface area contributed by atoms with Crippen LogP contribution in [0.3, 0.4) is 0 Å². The monoisotopic (exact) mass is 408 g/mol. The molecule has 1 aromatic rings. The third-order valence-electron chi connectivity index (χ3n) is 6.02. The third kappa shape index (κ3) is 4.01. The van der Waals surface area contributed by atoms with E-state index in [2.05, 4.69) is 12.2 Å². The number of piperidine rings is 1. The molecule has 3 rings (SSSR count). The smallest absolute Gasteiger partial charge is 0.256 e. The fourth-order valence-electron chi connectivity index (χ4n) is 4.41. The van der Waals surface area contributed by atoms with Crippen LogP contribution in [0.25, 0.3) is 0 Å². The lowest BCUT2D eigenvalue weighted by Gasteiger charge is -2.44. The van der Waals surface area contributed by atoms with Gasteiger partial charge in [0.05, 0.1) is 10.5 Å². The Kier molecular flexibility index (Phi) is 6.25. The van der Waals surface area contributed by atoms with Crippen LogP contribution in [0.2, 0.25) is 0 Å². The second-order valence-corrected chi connectivity index (χ2v) is 9.71. The average molecular weight is 409 g/mol. The molecule has 0 aromatic heterocycles. The van der Waals surface area contributed by atoms with Gasteiger partial charge in [-0.15, -0.1) is 0 Å². The molecule has 154 valence electrons. The molecule has 1 aliphatic heterocycles. The first-order valence-corrected chi connectivity index (χ1v) is 11.5. The summed E-state index contributed by atoms with van der Waals surface area (Å²) in [5.41, 5.74) is -0.0824. The maximum absolute atomic E-state index is 14.5. The van der Waals surface area contributed by atoms with Gasteiger partial charge in [-0.05, 0) is 55.7 Å². The maximum atomic E-state index is 14.5. The Morgan fingerprint density at radius 1 is 1.21 bits per heavy atom. The number of amides is 1. The van der Waals surface area contributed by atoms with Crippen molar-refractivity contribution in [1.29, 1.82) is 0 Å². The van der Waals surface area contributed by atoms with E-state index >= 15 is 0 Å². The summed E-state index contributed by atoms with van der Waals surface area (Å²) in [6.07, 6.45) is 9.29. The minimum Gasteiger partial charge on any atom is -0.338 e. The molecule has 1 fully saturated rings. The lowest BCUT2D eigenvalue weighted by atomic mass is 9.71. The van der Waals surface area contributed by atoms with Crippen molar-refractivity contribution in [2.24, 2.45) is 5.41 Å². The molecule has 7 heteroatoms. The number of nitrogens with zero attached hydrogens (tertiary/aromatic N) is 2. The topological polar surface area (TPSA) is 57.7 Å². The van der Waals surface area contributed by atoms with Crippen molar-refractivity contribution in [3.05, 3.63) is 41.7 Å². The van der Waals surface area contributed by atoms with Gasteiger partial charge in [0.15, 0.2) is 0 Å². The summed E-state index contributed by atoms with van der Waals surface area (Å²) in [6.45, 7) is 5.33. The average Bonchev–Trinajstić information content (AvgIpc) is 2.69. The molecule has 5 nitrogen and oxygen atoms in total. The van der Waals surface area contributed by atoms with Gasteiger partial charge in [0.25, 0.3) is 5.91 Å². The van der Waals surface area contributed by atoms with E-state index in [1.54, 1.807) is 18.7 Å². The molecule has 1 unspecified atom stereocenters. The molecule has 1 saturated heterocycles. The maximum Gasteiger partial charge on any atom is 0.256 e. The molecule has 1 aliphatic carbocycles. The van der Waals surface area contributed by atoms with Crippen molar-refractivity contribution >= 4 is 15.9 Å². The number of halogens is 1. The minimum absolute atomic E-state index is 0.0340. The van der Waals surface area contributed by atoms with Crippen LogP contribution in [0.1, 0.15) is 56.3 Å². The van der Waals surface area contributed by atoms with Crippen molar-refractivity contribution in [2.75, 3.05) is 26.2 Å². The van der Waals surface area contributed by atoms with Crippen LogP contribution in [0, 0.1) is 11.2 Å². The van der Waals surface area contributed by atoms with Crippen LogP contribution in [-0.4, -0.2) is 49.7 Å². The van der Waals surface area contributed by atoms with Gasteiger partial charge in [0.2, 0.25) is 10.0 Å². The SMILES string of the molecule is CCN(CC)S(=O)(=O)c1ccc(F)c(C(=O)N2CCCC3(CC=CCC3)C2)c1. The second kappa shape index (κ2) is 8.33. The number of carbonyl (C=O) groups is 1. The van der Waals surface area contributed by atoms with Crippen molar-refractivity contribution in [3.8, 4) is 0 Å². The first kappa shape index (κ1) is 21.0. The van der Waals surface area contributed by atoms with Gasteiger partial charge < -0.3 is 4.90 Å². The highest BCUT2D eigenvalue weighted by atomic mass is 32.2. The van der Waals surface area contributed by atoms with Crippen molar-refractivity contribution < 1.29 is 17.6 Å². The van der Waals surface area contributed by atoms with Gasteiger partial charge in [-0.2, -0.15) is 4.31 Å². The zero-order chi connectivity index (χ0) is 20.4.